The SMILES string of the molecule is Cc1nc2ccc(CN=C(N)N)cc2c(-c2ccc(F)cc2Cl)c1C. The van der Waals surface area contributed by atoms with E-state index in [1.165, 1.54) is 12.1 Å². The Morgan fingerprint density at radius 1 is 1.16 bits per heavy atom. The van der Waals surface area contributed by atoms with E-state index in [0.717, 1.165) is 38.9 Å². The Bertz CT molecular complexity index is 994. The Kier molecular flexibility index (Phi) is 4.59. The number of aryl methyl sites for hydroxylation is 1. The van der Waals surface area contributed by atoms with E-state index in [1.807, 2.05) is 32.0 Å². The largest absolute Gasteiger partial charge is 0.370 e. The van der Waals surface area contributed by atoms with Crippen LogP contribution in [-0.2, 0) is 6.54 Å². The van der Waals surface area contributed by atoms with Crippen LogP contribution in [0.3, 0.4) is 0 Å². The fourth-order valence-corrected chi connectivity index (χ4v) is 3.11. The standard InChI is InChI=1S/C19H18ClFN4/c1-10-11(2)25-17-6-3-12(9-24-19(22)23)7-15(17)18(10)14-5-4-13(21)8-16(14)20/h3-8H,9H2,1-2H3,(H4,22,23,24). The highest BCUT2D eigenvalue weighted by atomic mass is 35.5. The molecule has 0 aliphatic rings. The molecule has 0 aliphatic heterocycles. The number of pyridine rings is 1. The molecule has 2 aromatic carbocycles. The normalized spacial score (nSPS) is 10.9. The van der Waals surface area contributed by atoms with Crippen LogP contribution in [0.2, 0.25) is 5.02 Å². The third kappa shape index (κ3) is 3.42. The molecule has 0 bridgehead atoms. The summed E-state index contributed by atoms with van der Waals surface area (Å²) in [5.74, 6) is -0.324. The van der Waals surface area contributed by atoms with E-state index < -0.39 is 0 Å². The van der Waals surface area contributed by atoms with Crippen molar-refractivity contribution >= 4 is 28.5 Å². The van der Waals surface area contributed by atoms with Gasteiger partial charge in [0.2, 0.25) is 0 Å². The third-order valence-electron chi connectivity index (χ3n) is 4.18. The molecule has 3 rings (SSSR count). The van der Waals surface area contributed by atoms with Crippen LogP contribution in [0.25, 0.3) is 22.0 Å². The van der Waals surface area contributed by atoms with Gasteiger partial charge in [0.05, 0.1) is 17.1 Å². The van der Waals surface area contributed by atoms with Gasteiger partial charge >= 0.3 is 0 Å². The molecule has 0 spiro atoms. The third-order valence-corrected chi connectivity index (χ3v) is 4.49. The van der Waals surface area contributed by atoms with Crippen LogP contribution >= 0.6 is 11.6 Å². The van der Waals surface area contributed by atoms with Gasteiger partial charge in [0, 0.05) is 16.6 Å². The first-order valence-electron chi connectivity index (χ1n) is 7.77. The minimum Gasteiger partial charge on any atom is -0.370 e. The lowest BCUT2D eigenvalue weighted by molar-refractivity contribution is 0.628. The summed E-state index contributed by atoms with van der Waals surface area (Å²) < 4.78 is 13.5. The lowest BCUT2D eigenvalue weighted by atomic mass is 9.94. The highest BCUT2D eigenvalue weighted by Crippen LogP contribution is 2.37. The van der Waals surface area contributed by atoms with E-state index >= 15 is 0 Å². The van der Waals surface area contributed by atoms with Gasteiger partial charge in [-0.05, 0) is 60.9 Å². The number of nitrogens with zero attached hydrogens (tertiary/aromatic N) is 2. The summed E-state index contributed by atoms with van der Waals surface area (Å²) in [5.41, 5.74) is 16.2. The second-order valence-electron chi connectivity index (χ2n) is 5.91. The van der Waals surface area contributed by atoms with E-state index in [-0.39, 0.29) is 11.8 Å². The summed E-state index contributed by atoms with van der Waals surface area (Å²) in [7, 11) is 0. The molecule has 1 heterocycles. The fourth-order valence-electron chi connectivity index (χ4n) is 2.85. The summed E-state index contributed by atoms with van der Waals surface area (Å²) >= 11 is 6.32. The number of aliphatic imine (C=N–C) groups is 1. The van der Waals surface area contributed by atoms with Crippen molar-refractivity contribution in [1.29, 1.82) is 0 Å². The smallest absolute Gasteiger partial charge is 0.186 e. The molecule has 0 fully saturated rings. The molecule has 6 heteroatoms. The highest BCUT2D eigenvalue weighted by Gasteiger charge is 2.15. The van der Waals surface area contributed by atoms with Crippen molar-refractivity contribution in [2.24, 2.45) is 16.5 Å². The van der Waals surface area contributed by atoms with Gasteiger partial charge in [0.25, 0.3) is 0 Å². The average Bonchev–Trinajstić information content (AvgIpc) is 2.55. The molecular formula is C19H18ClFN4. The Morgan fingerprint density at radius 3 is 2.60 bits per heavy atom. The molecule has 4 nitrogen and oxygen atoms in total. The van der Waals surface area contributed by atoms with Crippen molar-refractivity contribution in [3.63, 3.8) is 0 Å². The van der Waals surface area contributed by atoms with Crippen LogP contribution < -0.4 is 11.5 Å². The van der Waals surface area contributed by atoms with Gasteiger partial charge in [0.15, 0.2) is 5.96 Å². The van der Waals surface area contributed by atoms with Crippen LogP contribution in [0.1, 0.15) is 16.8 Å². The van der Waals surface area contributed by atoms with Crippen molar-refractivity contribution < 1.29 is 4.39 Å². The van der Waals surface area contributed by atoms with Crippen LogP contribution in [0.15, 0.2) is 41.4 Å². The highest BCUT2D eigenvalue weighted by molar-refractivity contribution is 6.33. The van der Waals surface area contributed by atoms with Gasteiger partial charge in [-0.3, -0.25) is 4.98 Å². The number of hydrogen-bond donors (Lipinski definition) is 2. The van der Waals surface area contributed by atoms with Gasteiger partial charge in [-0.2, -0.15) is 0 Å². The topological polar surface area (TPSA) is 77.3 Å². The molecule has 0 unspecified atom stereocenters. The van der Waals surface area contributed by atoms with Crippen LogP contribution in [0.4, 0.5) is 4.39 Å². The molecule has 0 saturated carbocycles. The maximum absolute atomic E-state index is 13.5. The quantitative estimate of drug-likeness (QED) is 0.548. The molecular weight excluding hydrogens is 339 g/mol. The molecule has 0 amide bonds. The summed E-state index contributed by atoms with van der Waals surface area (Å²) in [5, 5.41) is 1.30. The zero-order valence-electron chi connectivity index (χ0n) is 14.0. The number of benzene rings is 2. The minimum atomic E-state index is -0.366. The number of halogens is 2. The van der Waals surface area contributed by atoms with Crippen LogP contribution in [-0.4, -0.2) is 10.9 Å². The molecule has 25 heavy (non-hydrogen) atoms. The first-order chi connectivity index (χ1) is 11.9. The fraction of sp³-hybridized carbons (Fsp3) is 0.158. The van der Waals surface area contributed by atoms with Crippen molar-refractivity contribution in [3.05, 3.63) is 64.1 Å². The molecule has 1 aromatic heterocycles. The number of rotatable bonds is 3. The molecule has 0 saturated heterocycles. The summed E-state index contributed by atoms with van der Waals surface area (Å²) in [6, 6.07) is 10.3. The zero-order chi connectivity index (χ0) is 18.1. The van der Waals surface area contributed by atoms with Crippen molar-refractivity contribution in [2.75, 3.05) is 0 Å². The van der Waals surface area contributed by atoms with Gasteiger partial charge in [-0.1, -0.05) is 17.7 Å². The Hall–Kier alpha value is -2.66. The molecule has 128 valence electrons. The van der Waals surface area contributed by atoms with Gasteiger partial charge in [-0.15, -0.1) is 0 Å². The number of hydrogen-bond acceptors (Lipinski definition) is 2. The monoisotopic (exact) mass is 356 g/mol. The van der Waals surface area contributed by atoms with Crippen molar-refractivity contribution in [1.82, 2.24) is 4.98 Å². The Balaban J connectivity index is 2.29. The lowest BCUT2D eigenvalue weighted by Gasteiger charge is -2.15. The second kappa shape index (κ2) is 6.69. The first kappa shape index (κ1) is 17.2. The predicted octanol–water partition coefficient (Wildman–Crippen LogP) is 4.08. The van der Waals surface area contributed by atoms with E-state index in [9.17, 15) is 4.39 Å². The van der Waals surface area contributed by atoms with Crippen molar-refractivity contribution in [2.45, 2.75) is 20.4 Å². The molecule has 0 aliphatic carbocycles. The van der Waals surface area contributed by atoms with Gasteiger partial charge < -0.3 is 11.5 Å². The summed E-state index contributed by atoms with van der Waals surface area (Å²) in [6.45, 7) is 4.31. The van der Waals surface area contributed by atoms with Gasteiger partial charge in [0.1, 0.15) is 5.82 Å². The maximum Gasteiger partial charge on any atom is 0.186 e. The zero-order valence-corrected chi connectivity index (χ0v) is 14.7. The summed E-state index contributed by atoms with van der Waals surface area (Å²) in [4.78, 5) is 8.69. The minimum absolute atomic E-state index is 0.0418. The van der Waals surface area contributed by atoms with E-state index in [4.69, 9.17) is 23.1 Å². The summed E-state index contributed by atoms with van der Waals surface area (Å²) in [6.07, 6.45) is 0. The lowest BCUT2D eigenvalue weighted by Crippen LogP contribution is -2.22. The van der Waals surface area contributed by atoms with Crippen molar-refractivity contribution in [3.8, 4) is 11.1 Å². The van der Waals surface area contributed by atoms with Crippen LogP contribution in [0.5, 0.6) is 0 Å². The predicted molar refractivity (Wildman–Crippen MR) is 101 cm³/mol. The molecule has 0 radical (unpaired) electrons. The number of nitrogens with two attached hydrogens (primary N) is 2. The molecule has 3 aromatic rings. The van der Waals surface area contributed by atoms with E-state index in [0.29, 0.717) is 11.6 Å². The maximum atomic E-state index is 13.5. The number of fused-ring (bicyclic) bond motifs is 1. The second-order valence-corrected chi connectivity index (χ2v) is 6.32. The van der Waals surface area contributed by atoms with Crippen LogP contribution in [0, 0.1) is 19.7 Å². The van der Waals surface area contributed by atoms with Gasteiger partial charge in [-0.25, -0.2) is 9.38 Å². The Morgan fingerprint density at radius 2 is 1.92 bits per heavy atom. The molecule has 0 atom stereocenters. The number of aromatic nitrogens is 1. The number of guanidine groups is 1. The first-order valence-corrected chi connectivity index (χ1v) is 8.15. The molecule has 4 N–H and O–H groups in total. The van der Waals surface area contributed by atoms with E-state index in [2.05, 4.69) is 9.98 Å². The average molecular weight is 357 g/mol. The van der Waals surface area contributed by atoms with E-state index in [1.54, 1.807) is 6.07 Å². The Labute approximate surface area is 150 Å².